The van der Waals surface area contributed by atoms with Crippen molar-refractivity contribution in [3.05, 3.63) is 53.6 Å². The van der Waals surface area contributed by atoms with E-state index in [1.165, 1.54) is 38.3 Å². The van der Waals surface area contributed by atoms with Crippen molar-refractivity contribution in [2.45, 2.75) is 23.1 Å². The molecule has 0 aliphatic heterocycles. The van der Waals surface area contributed by atoms with Crippen molar-refractivity contribution in [3.63, 3.8) is 0 Å². The third-order valence-electron chi connectivity index (χ3n) is 6.57. The fourth-order valence-electron chi connectivity index (χ4n) is 4.08. The van der Waals surface area contributed by atoms with Crippen LogP contribution in [-0.2, 0) is 49.4 Å². The van der Waals surface area contributed by atoms with Gasteiger partial charge in [0.2, 0.25) is 0 Å². The van der Waals surface area contributed by atoms with Gasteiger partial charge in [-0.1, -0.05) is 0 Å². The summed E-state index contributed by atoms with van der Waals surface area (Å²) in [5.74, 6) is -1.24. The number of sulfone groups is 1. The van der Waals surface area contributed by atoms with Crippen LogP contribution in [0.1, 0.15) is 17.5 Å². The number of hydrogen-bond donors (Lipinski definition) is 5. The number of nitrogens with zero attached hydrogens (tertiary/aromatic N) is 6. The van der Waals surface area contributed by atoms with Gasteiger partial charge in [-0.05, 0) is 55.8 Å². The molecule has 0 aliphatic carbocycles. The van der Waals surface area contributed by atoms with Crippen molar-refractivity contribution >= 4 is 74.9 Å². The minimum Gasteiger partial charge on any atom is -0.385 e. The van der Waals surface area contributed by atoms with E-state index in [0.717, 1.165) is 18.2 Å². The molecule has 0 bridgehead atoms. The summed E-state index contributed by atoms with van der Waals surface area (Å²) in [4.78, 5) is 3.28. The minimum absolute atomic E-state index is 0.00658. The first kappa shape index (κ1) is 41.9. The predicted octanol–water partition coefficient (Wildman–Crippen LogP) is 3.68. The number of rotatable bonds is 19. The van der Waals surface area contributed by atoms with Crippen LogP contribution in [0.25, 0.3) is 0 Å². The van der Waals surface area contributed by atoms with Crippen LogP contribution in [-0.4, -0.2) is 97.2 Å². The Morgan fingerprint density at radius 2 is 1.42 bits per heavy atom. The zero-order chi connectivity index (χ0) is 38.7. The summed E-state index contributed by atoms with van der Waals surface area (Å²) in [7, 11) is -16.6. The molecule has 0 unspecified atom stereocenters. The lowest BCUT2D eigenvalue weighted by Crippen LogP contribution is -2.22. The molecule has 0 amide bonds. The number of nitrogens with one attached hydrogen (secondary N) is 2. The van der Waals surface area contributed by atoms with E-state index in [4.69, 9.17) is 13.8 Å². The van der Waals surface area contributed by atoms with E-state index in [1.54, 1.807) is 0 Å². The number of nitriles is 1. The zero-order valence-electron chi connectivity index (χ0n) is 27.2. The number of anilines is 2. The van der Waals surface area contributed by atoms with Gasteiger partial charge in [0.25, 0.3) is 20.2 Å². The molecule has 25 heteroatoms. The summed E-state index contributed by atoms with van der Waals surface area (Å²) >= 11 is 0. The summed E-state index contributed by atoms with van der Waals surface area (Å²) in [5, 5.41) is 31.6. The predicted molar refractivity (Wildman–Crippen MR) is 184 cm³/mol. The third-order valence-corrected chi connectivity index (χ3v) is 10.4. The van der Waals surface area contributed by atoms with Gasteiger partial charge in [0.1, 0.15) is 28.2 Å². The van der Waals surface area contributed by atoms with Crippen LogP contribution in [0.3, 0.4) is 0 Å². The molecular weight excluding hydrogens is 773 g/mol. The molecule has 0 spiro atoms. The molecule has 3 aromatic rings. The van der Waals surface area contributed by atoms with Gasteiger partial charge < -0.3 is 15.4 Å². The van der Waals surface area contributed by atoms with E-state index in [1.807, 2.05) is 6.07 Å². The topological polar surface area (TPSA) is 326 Å². The lowest BCUT2D eigenvalue weighted by molar-refractivity contribution is 0.198. The second-order valence-corrected chi connectivity index (χ2v) is 16.6. The monoisotopic (exact) mass is 804 g/mol. The lowest BCUT2D eigenvalue weighted by Gasteiger charge is -2.16. The molecule has 3 rings (SSSR count). The number of aromatic nitrogens is 1. The molecule has 1 aromatic heterocycles. The average molecular weight is 805 g/mol. The molecule has 0 saturated heterocycles. The maximum atomic E-state index is 12.3. The minimum atomic E-state index is -4.92. The van der Waals surface area contributed by atoms with Gasteiger partial charge in [0.05, 0.1) is 39.9 Å². The molecule has 0 radical (unpaired) electrons. The van der Waals surface area contributed by atoms with E-state index in [2.05, 4.69) is 40.3 Å². The van der Waals surface area contributed by atoms with Gasteiger partial charge in [-0.15, -0.1) is 10.2 Å². The first-order valence-corrected chi connectivity index (χ1v) is 20.6. The number of hydrogen-bond acceptors (Lipinski definition) is 18. The van der Waals surface area contributed by atoms with Crippen molar-refractivity contribution in [2.75, 3.05) is 55.6 Å². The highest BCUT2D eigenvalue weighted by molar-refractivity contribution is 7.91. The fourth-order valence-corrected chi connectivity index (χ4v) is 6.56. The number of methoxy groups -OCH3 is 1. The normalized spacial score (nSPS) is 12.7. The molecule has 0 saturated carbocycles. The molecule has 282 valence electrons. The molecule has 0 aliphatic rings. The summed E-state index contributed by atoms with van der Waals surface area (Å²) in [6.07, 6.45) is 0.494. The lowest BCUT2D eigenvalue weighted by atomic mass is 10.1. The molecule has 21 nitrogen and oxygen atoms in total. The Morgan fingerprint density at radius 1 is 0.788 bits per heavy atom. The quantitative estimate of drug-likeness (QED) is 0.0655. The molecule has 1 heterocycles. The Kier molecular flexibility index (Phi) is 14.3. The average Bonchev–Trinajstić information content (AvgIpc) is 3.04. The molecule has 0 fully saturated rings. The number of benzene rings is 2. The summed E-state index contributed by atoms with van der Waals surface area (Å²) in [6, 6.07) is 9.99. The maximum Gasteiger partial charge on any atom is 0.397 e. The van der Waals surface area contributed by atoms with E-state index < -0.39 is 63.5 Å². The van der Waals surface area contributed by atoms with E-state index in [-0.39, 0.29) is 63.5 Å². The van der Waals surface area contributed by atoms with Crippen LogP contribution < -0.4 is 10.6 Å². The highest BCUT2D eigenvalue weighted by atomic mass is 32.3. The van der Waals surface area contributed by atoms with Gasteiger partial charge in [-0.25, -0.2) is 17.6 Å². The van der Waals surface area contributed by atoms with Crippen molar-refractivity contribution in [1.29, 1.82) is 5.26 Å². The van der Waals surface area contributed by atoms with Gasteiger partial charge in [-0.3, -0.25) is 13.7 Å². The van der Waals surface area contributed by atoms with Crippen molar-refractivity contribution < 1.29 is 56.2 Å². The van der Waals surface area contributed by atoms with Crippen molar-refractivity contribution in [1.82, 2.24) is 4.98 Å². The highest BCUT2D eigenvalue weighted by Gasteiger charge is 2.21. The number of ether oxygens (including phenoxy) is 1. The zero-order valence-corrected chi connectivity index (χ0v) is 30.5. The molecule has 52 heavy (non-hydrogen) atoms. The summed E-state index contributed by atoms with van der Waals surface area (Å²) in [5.41, 5.74) is -0.129. The Morgan fingerprint density at radius 3 is 2.02 bits per heavy atom. The third kappa shape index (κ3) is 12.9. The van der Waals surface area contributed by atoms with Crippen LogP contribution in [0, 0.1) is 18.3 Å². The smallest absolute Gasteiger partial charge is 0.385 e. The summed E-state index contributed by atoms with van der Waals surface area (Å²) in [6.45, 7) is 1.06. The second-order valence-electron chi connectivity index (χ2n) is 10.4. The molecule has 2 aromatic carbocycles. The SMILES string of the molecule is COCCCNc1nc(NCCS(=O)(=O)CCOS(=O)(=O)O)c(C#N)c(C)c1/N=N/c1ccc(/N=N/c2ccc(S(=O)(=O)O)cc2)cc1S(=O)(=O)O. The molecule has 0 atom stereocenters. The molecule has 5 N–H and O–H groups in total. The largest absolute Gasteiger partial charge is 0.397 e. The highest BCUT2D eigenvalue weighted by Crippen LogP contribution is 2.37. The van der Waals surface area contributed by atoms with Crippen molar-refractivity contribution in [3.8, 4) is 6.07 Å². The van der Waals surface area contributed by atoms with E-state index >= 15 is 0 Å². The number of azo groups is 2. The van der Waals surface area contributed by atoms with Crippen molar-refractivity contribution in [2.24, 2.45) is 20.5 Å². The first-order valence-electron chi connectivity index (χ1n) is 14.5. The van der Waals surface area contributed by atoms with E-state index in [9.17, 15) is 43.5 Å². The standard InChI is InChI=1S/C27H32N8O13S4/c1-18-22(17-28)26(30-11-14-49(36,37)15-13-48-52(44,45)46)31-27(29-10-3-12-47-2)25(18)35-34-23-9-6-20(16-24(23)51(41,42)43)33-32-19-4-7-21(8-5-19)50(38,39)40/h4-9,16H,3,10-15H2,1-2H3,(H2,29,30,31)(H,38,39,40)(H,41,42,43)(H,44,45,46)/b33-32+,35-34+. The van der Waals surface area contributed by atoms with Gasteiger partial charge in [0.15, 0.2) is 15.7 Å². The Hall–Kier alpha value is -4.52. The Bertz CT molecular complexity index is 2310. The fraction of sp³-hybridized carbons (Fsp3) is 0.333. The number of pyridine rings is 1. The summed E-state index contributed by atoms with van der Waals surface area (Å²) < 4.78 is 130. The Labute approximate surface area is 299 Å². The second kappa shape index (κ2) is 17.8. The van der Waals surface area contributed by atoms with Crippen LogP contribution >= 0.6 is 0 Å². The van der Waals surface area contributed by atoms with Crippen LogP contribution in [0.4, 0.5) is 34.4 Å². The van der Waals surface area contributed by atoms with Crippen LogP contribution in [0.15, 0.2) is 72.7 Å². The molecular formula is C27H32N8O13S4. The maximum absolute atomic E-state index is 12.3. The van der Waals surface area contributed by atoms with Crippen LogP contribution in [0.2, 0.25) is 0 Å². The Balaban J connectivity index is 1.95. The van der Waals surface area contributed by atoms with Gasteiger partial charge in [-0.2, -0.15) is 40.7 Å². The first-order chi connectivity index (χ1) is 24.2. The van der Waals surface area contributed by atoms with E-state index in [0.29, 0.717) is 13.0 Å². The van der Waals surface area contributed by atoms with Gasteiger partial charge >= 0.3 is 10.4 Å². The van der Waals surface area contributed by atoms with Crippen LogP contribution in [0.5, 0.6) is 0 Å². The van der Waals surface area contributed by atoms with Gasteiger partial charge in [0, 0.05) is 32.4 Å².